The maximum absolute atomic E-state index is 13.2. The molecule has 1 aliphatic heterocycles. The Bertz CT molecular complexity index is 1590. The van der Waals surface area contributed by atoms with Gasteiger partial charge in [0.25, 0.3) is 11.4 Å². The van der Waals surface area contributed by atoms with Gasteiger partial charge in [-0.1, -0.05) is 0 Å². The monoisotopic (exact) mass is 756 g/mol. The third-order valence-electron chi connectivity index (χ3n) is 7.26. The minimum atomic E-state index is -4.34. The quantitative estimate of drug-likeness (QED) is 0.0932. The molecule has 0 unspecified atom stereocenters. The van der Waals surface area contributed by atoms with Crippen molar-refractivity contribution >= 4 is 27.0 Å². The van der Waals surface area contributed by atoms with E-state index in [0.717, 1.165) is 40.6 Å². The lowest BCUT2D eigenvalue weighted by atomic mass is 10.1. The highest BCUT2D eigenvalue weighted by molar-refractivity contribution is 7.48. The Morgan fingerprint density at radius 3 is 1.58 bits per heavy atom. The van der Waals surface area contributed by atoms with Gasteiger partial charge in [-0.3, -0.25) is 47.4 Å². The van der Waals surface area contributed by atoms with Crippen LogP contribution in [0.4, 0.5) is 11.4 Å². The molecule has 280 valence electrons. The van der Waals surface area contributed by atoms with Crippen LogP contribution in [0.5, 0.6) is 23.0 Å². The van der Waals surface area contributed by atoms with Crippen LogP contribution in [-0.4, -0.2) is 91.5 Å². The van der Waals surface area contributed by atoms with Crippen molar-refractivity contribution in [3.8, 4) is 23.0 Å². The van der Waals surface area contributed by atoms with E-state index in [1.165, 1.54) is 40.6 Å². The lowest BCUT2D eigenvalue weighted by molar-refractivity contribution is -0.386. The number of hydrogen-bond acceptors (Lipinski definition) is 19. The number of nitro groups is 2. The molecule has 1 aliphatic rings. The molecule has 23 heteroatoms. The molecule has 2 aromatic rings. The van der Waals surface area contributed by atoms with E-state index in [9.17, 15) is 29.4 Å². The van der Waals surface area contributed by atoms with Gasteiger partial charge in [-0.25, -0.2) is 9.13 Å². The summed E-state index contributed by atoms with van der Waals surface area (Å²) in [7, 11) is 0.827. The van der Waals surface area contributed by atoms with Crippen LogP contribution in [0.15, 0.2) is 24.3 Å². The van der Waals surface area contributed by atoms with Gasteiger partial charge in [0.1, 0.15) is 12.7 Å². The van der Waals surface area contributed by atoms with Crippen molar-refractivity contribution in [3.63, 3.8) is 0 Å². The molecular formula is C27H38N2O19P2. The first kappa shape index (κ1) is 41.0. The van der Waals surface area contributed by atoms with Crippen LogP contribution in [0, 0.1) is 20.2 Å². The number of phosphoric ester groups is 2. The fourth-order valence-corrected chi connectivity index (χ4v) is 6.24. The molecule has 0 spiro atoms. The number of methoxy groups -OCH3 is 4. The fraction of sp³-hybridized carbons (Fsp3) is 0.556. The summed E-state index contributed by atoms with van der Waals surface area (Å²) < 4.78 is 96.0. The highest BCUT2D eigenvalue weighted by atomic mass is 31.2. The molecule has 1 saturated heterocycles. The molecule has 1 fully saturated rings. The molecule has 0 radical (unpaired) electrons. The molecule has 0 N–H and O–H groups in total. The minimum absolute atomic E-state index is 0.0482. The second-order valence-electron chi connectivity index (χ2n) is 9.87. The Hall–Kier alpha value is -3.46. The number of nitrogens with zero attached hydrogens (tertiary/aromatic N) is 2. The Morgan fingerprint density at radius 1 is 0.720 bits per heavy atom. The van der Waals surface area contributed by atoms with Gasteiger partial charge >= 0.3 is 15.6 Å². The Morgan fingerprint density at radius 2 is 1.16 bits per heavy atom. The molecular weight excluding hydrogens is 718 g/mol. The van der Waals surface area contributed by atoms with Crippen molar-refractivity contribution < 1.29 is 79.3 Å². The molecule has 0 amide bonds. The van der Waals surface area contributed by atoms with Gasteiger partial charge in [-0.05, 0) is 12.1 Å². The zero-order chi connectivity index (χ0) is 37.3. The van der Waals surface area contributed by atoms with Gasteiger partial charge in [0.05, 0.1) is 74.8 Å². The number of hydrogen-bond donors (Lipinski definition) is 0. The largest absolute Gasteiger partial charge is 0.493 e. The van der Waals surface area contributed by atoms with Gasteiger partial charge < -0.3 is 33.2 Å². The highest BCUT2D eigenvalue weighted by Gasteiger charge is 2.56. The second-order valence-corrected chi connectivity index (χ2v) is 13.6. The predicted molar refractivity (Wildman–Crippen MR) is 168 cm³/mol. The molecule has 0 bridgehead atoms. The van der Waals surface area contributed by atoms with Crippen molar-refractivity contribution in [3.05, 3.63) is 55.6 Å². The van der Waals surface area contributed by atoms with Crippen molar-refractivity contribution in [1.82, 2.24) is 0 Å². The van der Waals surface area contributed by atoms with Crippen LogP contribution in [0.1, 0.15) is 17.5 Å². The summed E-state index contributed by atoms with van der Waals surface area (Å²) in [6.45, 7) is -1.92. The summed E-state index contributed by atoms with van der Waals surface area (Å²) in [5.41, 5.74) is -0.818. The van der Waals surface area contributed by atoms with E-state index < -0.39 is 69.2 Å². The predicted octanol–water partition coefficient (Wildman–Crippen LogP) is 4.92. The molecule has 0 saturated carbocycles. The molecule has 50 heavy (non-hydrogen) atoms. The summed E-state index contributed by atoms with van der Waals surface area (Å²) in [5, 5.41) is 23.9. The Labute approximate surface area is 286 Å². The molecule has 3 atom stereocenters. The van der Waals surface area contributed by atoms with Crippen molar-refractivity contribution in [2.45, 2.75) is 37.8 Å². The molecule has 3 rings (SSSR count). The van der Waals surface area contributed by atoms with Crippen LogP contribution < -0.4 is 18.9 Å². The average Bonchev–Trinajstić information content (AvgIpc) is 3.46. The first-order chi connectivity index (χ1) is 23.7. The van der Waals surface area contributed by atoms with Crippen LogP contribution >= 0.6 is 15.6 Å². The smallest absolute Gasteiger partial charge is 0.474 e. The number of nitro benzene ring substituents is 2. The van der Waals surface area contributed by atoms with Crippen molar-refractivity contribution in [2.24, 2.45) is 0 Å². The number of ether oxygens (including phenoxy) is 7. The van der Waals surface area contributed by atoms with E-state index in [4.69, 9.17) is 60.3 Å². The highest BCUT2D eigenvalue weighted by Crippen LogP contribution is 2.55. The van der Waals surface area contributed by atoms with E-state index in [2.05, 4.69) is 0 Å². The van der Waals surface area contributed by atoms with Crippen LogP contribution in [-0.2, 0) is 63.7 Å². The van der Waals surface area contributed by atoms with E-state index >= 15 is 0 Å². The molecule has 21 nitrogen and oxygen atoms in total. The van der Waals surface area contributed by atoms with E-state index in [1.54, 1.807) is 0 Å². The van der Waals surface area contributed by atoms with Crippen molar-refractivity contribution in [1.29, 1.82) is 0 Å². The van der Waals surface area contributed by atoms with Gasteiger partial charge in [0.15, 0.2) is 29.3 Å². The maximum Gasteiger partial charge on any atom is 0.474 e. The van der Waals surface area contributed by atoms with E-state index in [0.29, 0.717) is 0 Å². The summed E-state index contributed by atoms with van der Waals surface area (Å²) in [6.07, 6.45) is -3.22. The van der Waals surface area contributed by atoms with Crippen LogP contribution in [0.2, 0.25) is 0 Å². The topological polar surface area (TPSA) is 240 Å². The Kier molecular flexibility index (Phi) is 14.5. The van der Waals surface area contributed by atoms with Gasteiger partial charge in [0.2, 0.25) is 5.79 Å². The maximum atomic E-state index is 13.2. The summed E-state index contributed by atoms with van der Waals surface area (Å²) in [6, 6.07) is 4.88. The van der Waals surface area contributed by atoms with Crippen molar-refractivity contribution in [2.75, 3.05) is 63.5 Å². The second kappa shape index (κ2) is 17.7. The standard InChI is InChI=1S/C27H38N2O19P2/c1-36-21-9-17(19(28(30)31)11-23(21)38-3)14-44-26-13-25(48-50(35,42-7)43-8)27(47-26,16-46-49(34,40-5)41-6)45-15-18-10-22(37-2)24(39-4)12-20(18)29(32)33/h9-12,25-26H,13-16H2,1-8H3/t25-,26-,27+/m0/s1. The molecule has 0 aliphatic carbocycles. The summed E-state index contributed by atoms with van der Waals surface area (Å²) in [4.78, 5) is 22.5. The number of phosphoric acid groups is 2. The van der Waals surface area contributed by atoms with Crippen LogP contribution in [0.3, 0.4) is 0 Å². The van der Waals surface area contributed by atoms with Gasteiger partial charge in [0, 0.05) is 34.9 Å². The summed E-state index contributed by atoms with van der Waals surface area (Å²) >= 11 is 0. The van der Waals surface area contributed by atoms with E-state index in [-0.39, 0.29) is 46.2 Å². The molecule has 0 aromatic heterocycles. The first-order valence-electron chi connectivity index (χ1n) is 14.2. The summed E-state index contributed by atoms with van der Waals surface area (Å²) in [5.74, 6) is -1.83. The van der Waals surface area contributed by atoms with Gasteiger partial charge in [-0.2, -0.15) is 0 Å². The Balaban J connectivity index is 2.09. The molecule has 1 heterocycles. The van der Waals surface area contributed by atoms with E-state index in [1.807, 2.05) is 0 Å². The van der Waals surface area contributed by atoms with Crippen LogP contribution in [0.25, 0.3) is 0 Å². The lowest BCUT2D eigenvalue weighted by Gasteiger charge is -2.34. The zero-order valence-electron chi connectivity index (χ0n) is 28.3. The lowest BCUT2D eigenvalue weighted by Crippen LogP contribution is -2.47. The van der Waals surface area contributed by atoms with Gasteiger partial charge in [-0.15, -0.1) is 0 Å². The first-order valence-corrected chi connectivity index (χ1v) is 17.1. The zero-order valence-corrected chi connectivity index (χ0v) is 30.1. The third kappa shape index (κ3) is 9.45. The average molecular weight is 757 g/mol. The number of benzene rings is 2. The molecule has 2 aromatic carbocycles. The fourth-order valence-electron chi connectivity index (χ4n) is 4.66. The minimum Gasteiger partial charge on any atom is -0.493 e. The third-order valence-corrected chi connectivity index (χ3v) is 10.0. The normalized spacial score (nSPS) is 19.3. The SMILES string of the molecule is COc1cc(CO[C@@H]2C[C@H](OP(=O)(OC)OC)[C@](COP(=O)(OC)OC)(OCc3cc(OC)c(OC)cc3[N+](=O)[O-])O2)c([N+](=O)[O-])cc1OC. The number of rotatable bonds is 21.